The molecule has 0 aromatic heterocycles. The van der Waals surface area contributed by atoms with Crippen LogP contribution < -0.4 is 4.74 Å². The van der Waals surface area contributed by atoms with Gasteiger partial charge in [-0.05, 0) is 48.6 Å². The van der Waals surface area contributed by atoms with E-state index in [4.69, 9.17) is 14.2 Å². The minimum Gasteiger partial charge on any atom is -0.494 e. The van der Waals surface area contributed by atoms with Crippen molar-refractivity contribution in [2.45, 2.75) is 82.5 Å². The molecule has 1 heterocycles. The highest BCUT2D eigenvalue weighted by Crippen LogP contribution is 2.45. The fraction of sp³-hybridized carbons (Fsp3) is 0.571. The molecule has 1 aliphatic heterocycles. The van der Waals surface area contributed by atoms with Crippen LogP contribution in [0.4, 0.5) is 4.39 Å². The molecule has 1 aliphatic carbocycles. The van der Waals surface area contributed by atoms with Crippen LogP contribution in [-0.2, 0) is 15.1 Å². The van der Waals surface area contributed by atoms with Crippen molar-refractivity contribution in [3.8, 4) is 16.9 Å². The average molecular weight is 457 g/mol. The molecule has 2 fully saturated rings. The zero-order chi connectivity index (χ0) is 23.2. The summed E-state index contributed by atoms with van der Waals surface area (Å²) < 4.78 is 32.4. The Kier molecular flexibility index (Phi) is 8.05. The van der Waals surface area contributed by atoms with Gasteiger partial charge in [-0.3, -0.25) is 0 Å². The second-order valence-corrected chi connectivity index (χ2v) is 9.47. The molecular weight excluding hydrogens is 419 g/mol. The lowest BCUT2D eigenvalue weighted by Crippen LogP contribution is -2.42. The highest BCUT2D eigenvalue weighted by molar-refractivity contribution is 5.65. The van der Waals surface area contributed by atoms with Crippen molar-refractivity contribution in [2.75, 3.05) is 19.8 Å². The van der Waals surface area contributed by atoms with E-state index in [1.165, 1.54) is 38.2 Å². The van der Waals surface area contributed by atoms with Crippen LogP contribution in [0.3, 0.4) is 0 Å². The molecule has 0 amide bonds. The summed E-state index contributed by atoms with van der Waals surface area (Å²) in [5.74, 6) is -0.0645. The molecule has 2 aliphatic rings. The summed E-state index contributed by atoms with van der Waals surface area (Å²) in [6, 6.07) is 12.7. The monoisotopic (exact) mass is 456 g/mol. The number of hydrogen-bond donors (Lipinski definition) is 1. The van der Waals surface area contributed by atoms with Gasteiger partial charge in [-0.2, -0.15) is 0 Å². The summed E-state index contributed by atoms with van der Waals surface area (Å²) in [5, 5.41) is 11.2. The Morgan fingerprint density at radius 2 is 1.55 bits per heavy atom. The summed E-state index contributed by atoms with van der Waals surface area (Å²) in [4.78, 5) is 0. The topological polar surface area (TPSA) is 47.9 Å². The van der Waals surface area contributed by atoms with Gasteiger partial charge in [-0.15, -0.1) is 0 Å². The predicted octanol–water partition coefficient (Wildman–Crippen LogP) is 6.74. The molecule has 5 heteroatoms. The van der Waals surface area contributed by atoms with Crippen molar-refractivity contribution in [2.24, 2.45) is 0 Å². The average Bonchev–Trinajstić information content (AvgIpc) is 3.30. The van der Waals surface area contributed by atoms with Crippen LogP contribution >= 0.6 is 0 Å². The lowest BCUT2D eigenvalue weighted by atomic mass is 9.77. The van der Waals surface area contributed by atoms with E-state index < -0.39 is 11.4 Å². The van der Waals surface area contributed by atoms with Gasteiger partial charge in [-0.1, -0.05) is 63.3 Å². The largest absolute Gasteiger partial charge is 0.494 e. The smallest absolute Gasteiger partial charge is 0.168 e. The van der Waals surface area contributed by atoms with Crippen molar-refractivity contribution in [1.82, 2.24) is 0 Å². The molecule has 2 aromatic carbocycles. The first-order chi connectivity index (χ1) is 16.0. The van der Waals surface area contributed by atoms with Gasteiger partial charge in [0.15, 0.2) is 5.79 Å². The van der Waals surface area contributed by atoms with Crippen molar-refractivity contribution in [3.63, 3.8) is 0 Å². The third-order valence-corrected chi connectivity index (χ3v) is 7.09. The Labute approximate surface area is 197 Å². The van der Waals surface area contributed by atoms with E-state index >= 15 is 4.39 Å². The van der Waals surface area contributed by atoms with E-state index in [1.807, 2.05) is 30.3 Å². The number of benzene rings is 2. The number of hydrogen-bond acceptors (Lipinski definition) is 4. The Bertz CT molecular complexity index is 879. The molecule has 2 aromatic rings. The third-order valence-electron chi connectivity index (χ3n) is 7.09. The highest BCUT2D eigenvalue weighted by Gasteiger charge is 2.46. The van der Waals surface area contributed by atoms with E-state index in [1.54, 1.807) is 6.07 Å². The lowest BCUT2D eigenvalue weighted by Gasteiger charge is -2.40. The molecule has 0 atom stereocenters. The maximum absolute atomic E-state index is 15.0. The van der Waals surface area contributed by atoms with Gasteiger partial charge < -0.3 is 19.3 Å². The van der Waals surface area contributed by atoms with Gasteiger partial charge >= 0.3 is 0 Å². The molecule has 4 nitrogen and oxygen atoms in total. The fourth-order valence-corrected chi connectivity index (χ4v) is 4.96. The number of halogens is 1. The molecule has 1 spiro atoms. The Morgan fingerprint density at radius 3 is 2.21 bits per heavy atom. The molecule has 0 bridgehead atoms. The van der Waals surface area contributed by atoms with Crippen molar-refractivity contribution >= 4 is 0 Å². The maximum Gasteiger partial charge on any atom is 0.168 e. The number of rotatable bonds is 10. The molecule has 0 radical (unpaired) electrons. The molecule has 1 saturated carbocycles. The molecule has 4 rings (SSSR count). The Balaban J connectivity index is 1.32. The molecule has 0 unspecified atom stereocenters. The molecule has 180 valence electrons. The van der Waals surface area contributed by atoms with Gasteiger partial charge in [0.05, 0.1) is 25.4 Å². The summed E-state index contributed by atoms with van der Waals surface area (Å²) in [6.45, 7) is 4.14. The number of unbranched alkanes of at least 4 members (excludes halogenated alkanes) is 5. The van der Waals surface area contributed by atoms with E-state index in [0.29, 0.717) is 56.6 Å². The normalized spacial score (nSPS) is 19.1. The first-order valence-electron chi connectivity index (χ1n) is 12.6. The lowest BCUT2D eigenvalue weighted by molar-refractivity contribution is -0.204. The molecule has 1 saturated heterocycles. The van der Waals surface area contributed by atoms with E-state index in [0.717, 1.165) is 17.7 Å². The minimum atomic E-state index is -1.05. The summed E-state index contributed by atoms with van der Waals surface area (Å²) in [7, 11) is 0. The van der Waals surface area contributed by atoms with E-state index in [-0.39, 0.29) is 5.82 Å². The quantitative estimate of drug-likeness (QED) is 0.402. The first-order valence-corrected chi connectivity index (χ1v) is 12.6. The van der Waals surface area contributed by atoms with Crippen LogP contribution in [0.2, 0.25) is 0 Å². The molecular formula is C28H37FO4. The standard InChI is InChI=1S/C28H37FO4/c1-2-3-4-5-6-7-18-31-24-11-8-22(9-12-24)25-13-10-23(21-26(25)29)27(30)14-16-28(17-15-27)32-19-20-33-28/h8-13,21,30H,2-7,14-20H2,1H3. The first kappa shape index (κ1) is 24.2. The van der Waals surface area contributed by atoms with E-state index in [2.05, 4.69) is 6.92 Å². The second-order valence-electron chi connectivity index (χ2n) is 9.47. The zero-order valence-corrected chi connectivity index (χ0v) is 19.8. The van der Waals surface area contributed by atoms with Gasteiger partial charge in [-0.25, -0.2) is 4.39 Å². The van der Waals surface area contributed by atoms with Crippen LogP contribution in [0.1, 0.15) is 76.7 Å². The Morgan fingerprint density at radius 1 is 0.879 bits per heavy atom. The number of aliphatic hydroxyl groups is 1. The van der Waals surface area contributed by atoms with Crippen molar-refractivity contribution in [1.29, 1.82) is 0 Å². The Hall–Kier alpha value is -1.95. The van der Waals surface area contributed by atoms with Gasteiger partial charge in [0.2, 0.25) is 0 Å². The van der Waals surface area contributed by atoms with Crippen LogP contribution in [0, 0.1) is 5.82 Å². The minimum absolute atomic E-state index is 0.324. The van der Waals surface area contributed by atoms with Crippen LogP contribution in [0.5, 0.6) is 5.75 Å². The SMILES string of the molecule is CCCCCCCCOc1ccc(-c2ccc(C3(O)CCC4(CC3)OCCO4)cc2F)cc1. The second kappa shape index (κ2) is 11.0. The zero-order valence-electron chi connectivity index (χ0n) is 19.8. The summed E-state index contributed by atoms with van der Waals surface area (Å²) in [6.07, 6.45) is 9.63. The van der Waals surface area contributed by atoms with Crippen LogP contribution in [-0.4, -0.2) is 30.7 Å². The van der Waals surface area contributed by atoms with E-state index in [9.17, 15) is 5.11 Å². The summed E-state index contributed by atoms with van der Waals surface area (Å²) in [5.41, 5.74) is 0.900. The van der Waals surface area contributed by atoms with Crippen LogP contribution in [0.15, 0.2) is 42.5 Å². The van der Waals surface area contributed by atoms with Gasteiger partial charge in [0.25, 0.3) is 0 Å². The van der Waals surface area contributed by atoms with Crippen molar-refractivity contribution < 1.29 is 23.7 Å². The summed E-state index contributed by atoms with van der Waals surface area (Å²) >= 11 is 0. The number of ether oxygens (including phenoxy) is 3. The van der Waals surface area contributed by atoms with Gasteiger partial charge in [0, 0.05) is 18.4 Å². The predicted molar refractivity (Wildman–Crippen MR) is 128 cm³/mol. The fourth-order valence-electron chi connectivity index (χ4n) is 4.96. The molecule has 33 heavy (non-hydrogen) atoms. The van der Waals surface area contributed by atoms with Crippen LogP contribution in [0.25, 0.3) is 11.1 Å². The maximum atomic E-state index is 15.0. The molecule has 1 N–H and O–H groups in total. The highest BCUT2D eigenvalue weighted by atomic mass is 19.1. The van der Waals surface area contributed by atoms with Crippen molar-refractivity contribution in [3.05, 3.63) is 53.8 Å². The third kappa shape index (κ3) is 5.95. The van der Waals surface area contributed by atoms with Gasteiger partial charge in [0.1, 0.15) is 11.6 Å².